The van der Waals surface area contributed by atoms with Gasteiger partial charge in [-0.15, -0.1) is 0 Å². The SMILES string of the molecule is COCCNC(=O)c1ccc(C(=O)Nc2cccc(Br)c2)cc1. The van der Waals surface area contributed by atoms with E-state index in [1.807, 2.05) is 18.2 Å². The molecule has 2 N–H and O–H groups in total. The summed E-state index contributed by atoms with van der Waals surface area (Å²) in [6, 6.07) is 13.8. The third-order valence-electron chi connectivity index (χ3n) is 3.08. The fourth-order valence-corrected chi connectivity index (χ4v) is 2.31. The van der Waals surface area contributed by atoms with Crippen LogP contribution in [0.15, 0.2) is 53.0 Å². The summed E-state index contributed by atoms with van der Waals surface area (Å²) in [4.78, 5) is 24.0. The van der Waals surface area contributed by atoms with Crippen molar-refractivity contribution in [2.75, 3.05) is 25.6 Å². The minimum atomic E-state index is -0.227. The van der Waals surface area contributed by atoms with E-state index in [-0.39, 0.29) is 11.8 Å². The van der Waals surface area contributed by atoms with Gasteiger partial charge in [-0.3, -0.25) is 9.59 Å². The number of carbonyl (C=O) groups excluding carboxylic acids is 2. The summed E-state index contributed by atoms with van der Waals surface area (Å²) >= 11 is 3.35. The Bertz CT molecular complexity index is 686. The smallest absolute Gasteiger partial charge is 0.255 e. The molecule has 0 heterocycles. The van der Waals surface area contributed by atoms with Gasteiger partial charge in [0, 0.05) is 34.9 Å². The normalized spacial score (nSPS) is 10.2. The largest absolute Gasteiger partial charge is 0.383 e. The van der Waals surface area contributed by atoms with Gasteiger partial charge < -0.3 is 15.4 Å². The van der Waals surface area contributed by atoms with Crippen molar-refractivity contribution in [2.45, 2.75) is 0 Å². The molecule has 0 saturated heterocycles. The van der Waals surface area contributed by atoms with Crippen molar-refractivity contribution in [1.29, 1.82) is 0 Å². The highest BCUT2D eigenvalue weighted by Gasteiger charge is 2.09. The second kappa shape index (κ2) is 8.45. The van der Waals surface area contributed by atoms with E-state index < -0.39 is 0 Å². The molecule has 0 aromatic heterocycles. The highest BCUT2D eigenvalue weighted by molar-refractivity contribution is 9.10. The predicted molar refractivity (Wildman–Crippen MR) is 92.7 cm³/mol. The Morgan fingerprint density at radius 2 is 1.70 bits per heavy atom. The molecular formula is C17H17BrN2O3. The first-order valence-corrected chi connectivity index (χ1v) is 7.83. The number of hydrogen-bond acceptors (Lipinski definition) is 3. The number of amides is 2. The molecule has 0 saturated carbocycles. The first-order chi connectivity index (χ1) is 11.1. The molecule has 0 aliphatic heterocycles. The summed E-state index contributed by atoms with van der Waals surface area (Å²) in [6.07, 6.45) is 0. The van der Waals surface area contributed by atoms with Crippen molar-refractivity contribution in [3.63, 3.8) is 0 Å². The molecule has 23 heavy (non-hydrogen) atoms. The predicted octanol–water partition coefficient (Wildman–Crippen LogP) is 3.08. The summed E-state index contributed by atoms with van der Waals surface area (Å²) in [5.74, 6) is -0.421. The van der Waals surface area contributed by atoms with Gasteiger partial charge in [-0.05, 0) is 42.5 Å². The van der Waals surface area contributed by atoms with Crippen LogP contribution in [0.4, 0.5) is 5.69 Å². The molecule has 120 valence electrons. The number of benzene rings is 2. The molecule has 0 radical (unpaired) electrons. The van der Waals surface area contributed by atoms with E-state index >= 15 is 0 Å². The molecule has 6 heteroatoms. The van der Waals surface area contributed by atoms with Crippen molar-refractivity contribution < 1.29 is 14.3 Å². The van der Waals surface area contributed by atoms with E-state index in [4.69, 9.17) is 4.74 Å². The molecule has 2 amide bonds. The van der Waals surface area contributed by atoms with Gasteiger partial charge in [-0.1, -0.05) is 22.0 Å². The van der Waals surface area contributed by atoms with Crippen molar-refractivity contribution in [2.24, 2.45) is 0 Å². The summed E-state index contributed by atoms with van der Waals surface area (Å²) in [5, 5.41) is 5.53. The molecular weight excluding hydrogens is 360 g/mol. The number of rotatable bonds is 6. The monoisotopic (exact) mass is 376 g/mol. The van der Waals surface area contributed by atoms with Crippen LogP contribution in [0.1, 0.15) is 20.7 Å². The molecule has 0 aliphatic rings. The van der Waals surface area contributed by atoms with Gasteiger partial charge in [-0.25, -0.2) is 0 Å². The number of carbonyl (C=O) groups is 2. The number of ether oxygens (including phenoxy) is 1. The molecule has 0 unspecified atom stereocenters. The van der Waals surface area contributed by atoms with Gasteiger partial charge in [-0.2, -0.15) is 0 Å². The van der Waals surface area contributed by atoms with Crippen molar-refractivity contribution in [1.82, 2.24) is 5.32 Å². The molecule has 0 bridgehead atoms. The summed E-state index contributed by atoms with van der Waals surface area (Å²) in [5.41, 5.74) is 1.68. The molecule has 2 rings (SSSR count). The number of halogens is 1. The number of hydrogen-bond donors (Lipinski definition) is 2. The average molecular weight is 377 g/mol. The fraction of sp³-hybridized carbons (Fsp3) is 0.176. The van der Waals surface area contributed by atoms with Crippen molar-refractivity contribution >= 4 is 33.4 Å². The quantitative estimate of drug-likeness (QED) is 0.761. The van der Waals surface area contributed by atoms with E-state index in [0.717, 1.165) is 4.47 Å². The van der Waals surface area contributed by atoms with Gasteiger partial charge in [0.05, 0.1) is 6.61 Å². The second-order valence-electron chi connectivity index (χ2n) is 4.79. The summed E-state index contributed by atoms with van der Waals surface area (Å²) in [7, 11) is 1.57. The number of nitrogens with one attached hydrogen (secondary N) is 2. The lowest BCUT2D eigenvalue weighted by atomic mass is 10.1. The van der Waals surface area contributed by atoms with Gasteiger partial charge in [0.1, 0.15) is 0 Å². The first kappa shape index (κ1) is 17.2. The average Bonchev–Trinajstić information content (AvgIpc) is 2.55. The minimum Gasteiger partial charge on any atom is -0.383 e. The maximum atomic E-state index is 12.2. The van der Waals surface area contributed by atoms with Crippen molar-refractivity contribution in [3.8, 4) is 0 Å². The topological polar surface area (TPSA) is 67.4 Å². The number of methoxy groups -OCH3 is 1. The molecule has 2 aromatic carbocycles. The molecule has 0 fully saturated rings. The maximum absolute atomic E-state index is 12.2. The Hall–Kier alpha value is -2.18. The van der Waals surface area contributed by atoms with Crippen LogP contribution >= 0.6 is 15.9 Å². The minimum absolute atomic E-state index is 0.194. The standard InChI is InChI=1S/C17H17BrN2O3/c1-23-10-9-19-16(21)12-5-7-13(8-6-12)17(22)20-15-4-2-3-14(18)11-15/h2-8,11H,9-10H2,1H3,(H,19,21)(H,20,22). The third kappa shape index (κ3) is 5.19. The van der Waals surface area contributed by atoms with Crippen LogP contribution in [0.5, 0.6) is 0 Å². The molecule has 2 aromatic rings. The lowest BCUT2D eigenvalue weighted by Crippen LogP contribution is -2.26. The summed E-state index contributed by atoms with van der Waals surface area (Å²) < 4.78 is 5.76. The Morgan fingerprint density at radius 1 is 1.04 bits per heavy atom. The Balaban J connectivity index is 1.98. The van der Waals surface area contributed by atoms with E-state index in [1.54, 1.807) is 37.4 Å². The fourth-order valence-electron chi connectivity index (χ4n) is 1.91. The molecule has 0 spiro atoms. The first-order valence-electron chi connectivity index (χ1n) is 7.04. The van der Waals surface area contributed by atoms with E-state index in [1.165, 1.54) is 0 Å². The Kier molecular flexibility index (Phi) is 6.31. The van der Waals surface area contributed by atoms with E-state index in [0.29, 0.717) is 30.0 Å². The van der Waals surface area contributed by atoms with Crippen LogP contribution < -0.4 is 10.6 Å². The lowest BCUT2D eigenvalue weighted by molar-refractivity contribution is 0.0935. The molecule has 5 nitrogen and oxygen atoms in total. The van der Waals surface area contributed by atoms with E-state index in [9.17, 15) is 9.59 Å². The van der Waals surface area contributed by atoms with Gasteiger partial charge in [0.15, 0.2) is 0 Å². The Labute approximate surface area is 143 Å². The van der Waals surface area contributed by atoms with E-state index in [2.05, 4.69) is 26.6 Å². The van der Waals surface area contributed by atoms with Gasteiger partial charge >= 0.3 is 0 Å². The van der Waals surface area contributed by atoms with Crippen LogP contribution in [0.3, 0.4) is 0 Å². The second-order valence-corrected chi connectivity index (χ2v) is 5.71. The highest BCUT2D eigenvalue weighted by Crippen LogP contribution is 2.16. The van der Waals surface area contributed by atoms with Gasteiger partial charge in [0.25, 0.3) is 11.8 Å². The third-order valence-corrected chi connectivity index (χ3v) is 3.58. The van der Waals surface area contributed by atoms with Crippen LogP contribution in [-0.2, 0) is 4.74 Å². The molecule has 0 aliphatic carbocycles. The van der Waals surface area contributed by atoms with Crippen LogP contribution in [0.25, 0.3) is 0 Å². The van der Waals surface area contributed by atoms with Crippen LogP contribution in [0.2, 0.25) is 0 Å². The Morgan fingerprint density at radius 3 is 2.30 bits per heavy atom. The van der Waals surface area contributed by atoms with Crippen LogP contribution in [-0.4, -0.2) is 32.1 Å². The number of anilines is 1. The molecule has 0 atom stereocenters. The summed E-state index contributed by atoms with van der Waals surface area (Å²) in [6.45, 7) is 0.902. The van der Waals surface area contributed by atoms with Gasteiger partial charge in [0.2, 0.25) is 0 Å². The van der Waals surface area contributed by atoms with Crippen LogP contribution in [0, 0.1) is 0 Å². The zero-order chi connectivity index (χ0) is 16.7. The zero-order valence-electron chi connectivity index (χ0n) is 12.6. The maximum Gasteiger partial charge on any atom is 0.255 e. The highest BCUT2D eigenvalue weighted by atomic mass is 79.9. The zero-order valence-corrected chi connectivity index (χ0v) is 14.2. The van der Waals surface area contributed by atoms with Crippen molar-refractivity contribution in [3.05, 3.63) is 64.1 Å². The lowest BCUT2D eigenvalue weighted by Gasteiger charge is -2.07.